The van der Waals surface area contributed by atoms with Crippen molar-refractivity contribution in [1.29, 1.82) is 0 Å². The van der Waals surface area contributed by atoms with Gasteiger partial charge in [0.05, 0.1) is 18.4 Å². The smallest absolute Gasteiger partial charge is 0.254 e. The first kappa shape index (κ1) is 13.8. The van der Waals surface area contributed by atoms with Crippen molar-refractivity contribution in [2.24, 2.45) is 0 Å². The number of carbonyl (C=O) groups is 1. The third-order valence-electron chi connectivity index (χ3n) is 2.64. The van der Waals surface area contributed by atoms with E-state index >= 15 is 0 Å². The van der Waals surface area contributed by atoms with E-state index in [1.165, 1.54) is 6.20 Å². The number of amides is 1. The number of hydrogen-bond donors (Lipinski definition) is 3. The lowest BCUT2D eigenvalue weighted by Crippen LogP contribution is -2.22. The van der Waals surface area contributed by atoms with Crippen molar-refractivity contribution in [2.75, 3.05) is 6.61 Å². The van der Waals surface area contributed by atoms with Crippen LogP contribution >= 0.6 is 0 Å². The van der Waals surface area contributed by atoms with E-state index in [0.29, 0.717) is 18.5 Å². The Morgan fingerprint density at radius 2 is 2.15 bits per heavy atom. The zero-order chi connectivity index (χ0) is 14.2. The minimum Gasteiger partial charge on any atom is -0.395 e. The fourth-order valence-electron chi connectivity index (χ4n) is 1.59. The van der Waals surface area contributed by atoms with Gasteiger partial charge in [0, 0.05) is 24.7 Å². The van der Waals surface area contributed by atoms with Crippen LogP contribution in [0.2, 0.25) is 0 Å². The molecule has 3 N–H and O–H groups in total. The molecule has 20 heavy (non-hydrogen) atoms. The minimum absolute atomic E-state index is 0.0745. The summed E-state index contributed by atoms with van der Waals surface area (Å²) in [6.45, 7) is 0.527. The first-order valence-electron chi connectivity index (χ1n) is 6.25. The SMILES string of the molecule is O=C(NCc1ccc(C#CCCO)cc1)c1cn[nH]c1. The number of nitrogens with one attached hydrogen (secondary N) is 2. The molecule has 0 fully saturated rings. The first-order chi connectivity index (χ1) is 9.79. The molecule has 2 aromatic rings. The Bertz CT molecular complexity index is 607. The maximum atomic E-state index is 11.7. The summed E-state index contributed by atoms with van der Waals surface area (Å²) in [5.74, 6) is 5.65. The second-order valence-electron chi connectivity index (χ2n) is 4.14. The van der Waals surface area contributed by atoms with Crippen molar-refractivity contribution in [3.8, 4) is 11.8 Å². The highest BCUT2D eigenvalue weighted by molar-refractivity contribution is 5.93. The van der Waals surface area contributed by atoms with Crippen LogP contribution in [0.5, 0.6) is 0 Å². The van der Waals surface area contributed by atoms with Gasteiger partial charge in [-0.1, -0.05) is 24.0 Å². The predicted molar refractivity (Wildman–Crippen MR) is 74.8 cm³/mol. The summed E-state index contributed by atoms with van der Waals surface area (Å²) >= 11 is 0. The molecule has 0 saturated carbocycles. The molecule has 0 atom stereocenters. The van der Waals surface area contributed by atoms with Gasteiger partial charge < -0.3 is 10.4 Å². The van der Waals surface area contributed by atoms with Crippen LogP contribution in [0.4, 0.5) is 0 Å². The molecule has 2 rings (SSSR count). The number of rotatable bonds is 4. The Morgan fingerprint density at radius 1 is 1.35 bits per heavy atom. The Balaban J connectivity index is 1.88. The molecular formula is C15H15N3O2. The summed E-state index contributed by atoms with van der Waals surface area (Å²) in [7, 11) is 0. The fourth-order valence-corrected chi connectivity index (χ4v) is 1.59. The van der Waals surface area contributed by atoms with Crippen LogP contribution in [0.1, 0.15) is 27.9 Å². The standard InChI is InChI=1S/C15H15N3O2/c19-8-2-1-3-12-4-6-13(7-5-12)9-16-15(20)14-10-17-18-11-14/h4-7,10-11,19H,2,8-9H2,(H,16,20)(H,17,18). The molecule has 1 aromatic heterocycles. The fraction of sp³-hybridized carbons (Fsp3) is 0.200. The third kappa shape index (κ3) is 3.97. The Labute approximate surface area is 117 Å². The van der Waals surface area contributed by atoms with Gasteiger partial charge in [0.25, 0.3) is 5.91 Å². The van der Waals surface area contributed by atoms with Gasteiger partial charge in [-0.25, -0.2) is 0 Å². The molecule has 0 spiro atoms. The van der Waals surface area contributed by atoms with Gasteiger partial charge >= 0.3 is 0 Å². The highest BCUT2D eigenvalue weighted by atomic mass is 16.2. The van der Waals surface area contributed by atoms with Gasteiger partial charge in [0.15, 0.2) is 0 Å². The average Bonchev–Trinajstić information content (AvgIpc) is 3.01. The second-order valence-corrected chi connectivity index (χ2v) is 4.14. The summed E-state index contributed by atoms with van der Waals surface area (Å²) in [5, 5.41) is 17.8. The molecule has 102 valence electrons. The highest BCUT2D eigenvalue weighted by Crippen LogP contribution is 2.04. The normalized spacial score (nSPS) is 9.65. The third-order valence-corrected chi connectivity index (χ3v) is 2.64. The Hall–Kier alpha value is -2.58. The van der Waals surface area contributed by atoms with Crippen LogP contribution in [0.25, 0.3) is 0 Å². The van der Waals surface area contributed by atoms with Gasteiger partial charge in [-0.05, 0) is 17.7 Å². The van der Waals surface area contributed by atoms with Gasteiger partial charge in [-0.2, -0.15) is 5.10 Å². The zero-order valence-electron chi connectivity index (χ0n) is 10.9. The highest BCUT2D eigenvalue weighted by Gasteiger charge is 2.05. The van der Waals surface area contributed by atoms with E-state index in [9.17, 15) is 4.79 Å². The topological polar surface area (TPSA) is 78.0 Å². The molecule has 0 aliphatic rings. The van der Waals surface area contributed by atoms with Gasteiger partial charge in [0.1, 0.15) is 0 Å². The lowest BCUT2D eigenvalue weighted by Gasteiger charge is -2.03. The average molecular weight is 269 g/mol. The summed E-state index contributed by atoms with van der Waals surface area (Å²) in [6.07, 6.45) is 3.51. The largest absolute Gasteiger partial charge is 0.395 e. The summed E-state index contributed by atoms with van der Waals surface area (Å²) in [4.78, 5) is 11.7. The van der Waals surface area contributed by atoms with E-state index in [2.05, 4.69) is 27.4 Å². The Morgan fingerprint density at radius 3 is 2.80 bits per heavy atom. The maximum Gasteiger partial charge on any atom is 0.254 e. The van der Waals surface area contributed by atoms with E-state index < -0.39 is 0 Å². The molecule has 0 radical (unpaired) electrons. The number of aromatic nitrogens is 2. The predicted octanol–water partition coefficient (Wildman–Crippen LogP) is 1.07. The van der Waals surface area contributed by atoms with Crippen molar-refractivity contribution < 1.29 is 9.90 Å². The van der Waals surface area contributed by atoms with Crippen molar-refractivity contribution in [2.45, 2.75) is 13.0 Å². The maximum absolute atomic E-state index is 11.7. The molecule has 5 nitrogen and oxygen atoms in total. The molecule has 5 heteroatoms. The summed E-state index contributed by atoms with van der Waals surface area (Å²) in [5.41, 5.74) is 2.40. The molecule has 1 aromatic carbocycles. The molecule has 0 unspecified atom stereocenters. The number of nitrogens with zero attached hydrogens (tertiary/aromatic N) is 1. The number of benzene rings is 1. The molecule has 1 heterocycles. The quantitative estimate of drug-likeness (QED) is 0.727. The molecule has 1 amide bonds. The number of H-pyrrole nitrogens is 1. The monoisotopic (exact) mass is 269 g/mol. The van der Waals surface area contributed by atoms with Crippen LogP contribution in [-0.2, 0) is 6.54 Å². The van der Waals surface area contributed by atoms with Crippen LogP contribution in [-0.4, -0.2) is 27.8 Å². The lowest BCUT2D eigenvalue weighted by molar-refractivity contribution is 0.0951. The number of aliphatic hydroxyl groups is 1. The van der Waals surface area contributed by atoms with Crippen molar-refractivity contribution in [1.82, 2.24) is 15.5 Å². The molecule has 0 aliphatic carbocycles. The second kappa shape index (κ2) is 7.12. The van der Waals surface area contributed by atoms with Crippen LogP contribution in [0.3, 0.4) is 0 Å². The van der Waals surface area contributed by atoms with Crippen molar-refractivity contribution in [3.63, 3.8) is 0 Å². The lowest BCUT2D eigenvalue weighted by atomic mass is 10.1. The summed E-state index contributed by atoms with van der Waals surface area (Å²) < 4.78 is 0. The van der Waals surface area contributed by atoms with E-state index in [0.717, 1.165) is 11.1 Å². The summed E-state index contributed by atoms with van der Waals surface area (Å²) in [6, 6.07) is 7.62. The minimum atomic E-state index is -0.162. The van der Waals surface area contributed by atoms with E-state index in [-0.39, 0.29) is 12.5 Å². The van der Waals surface area contributed by atoms with E-state index in [1.54, 1.807) is 6.20 Å². The number of aromatic amines is 1. The van der Waals surface area contributed by atoms with Gasteiger partial charge in [-0.15, -0.1) is 0 Å². The molecule has 0 aliphatic heterocycles. The molecule has 0 saturated heterocycles. The van der Waals surface area contributed by atoms with Gasteiger partial charge in [0.2, 0.25) is 0 Å². The van der Waals surface area contributed by atoms with Crippen molar-refractivity contribution >= 4 is 5.91 Å². The number of hydrogen-bond acceptors (Lipinski definition) is 3. The van der Waals surface area contributed by atoms with E-state index in [1.807, 2.05) is 24.3 Å². The van der Waals surface area contributed by atoms with Gasteiger partial charge in [-0.3, -0.25) is 9.89 Å². The zero-order valence-corrected chi connectivity index (χ0v) is 10.9. The van der Waals surface area contributed by atoms with Crippen LogP contribution < -0.4 is 5.32 Å². The van der Waals surface area contributed by atoms with E-state index in [4.69, 9.17) is 5.11 Å². The number of aliphatic hydroxyl groups excluding tert-OH is 1. The Kier molecular flexibility index (Phi) is 4.93. The first-order valence-corrected chi connectivity index (χ1v) is 6.25. The van der Waals surface area contributed by atoms with Crippen LogP contribution in [0.15, 0.2) is 36.7 Å². The van der Waals surface area contributed by atoms with Crippen molar-refractivity contribution in [3.05, 3.63) is 53.3 Å². The molecule has 0 bridgehead atoms. The van der Waals surface area contributed by atoms with Crippen LogP contribution in [0, 0.1) is 11.8 Å². The molecular weight excluding hydrogens is 254 g/mol. The number of carbonyl (C=O) groups excluding carboxylic acids is 1.